The van der Waals surface area contributed by atoms with Gasteiger partial charge in [-0.1, -0.05) is 24.4 Å². The molecule has 3 nitrogen and oxygen atoms in total. The summed E-state index contributed by atoms with van der Waals surface area (Å²) in [6, 6.07) is 1.89. The van der Waals surface area contributed by atoms with Crippen LogP contribution in [0.2, 0.25) is 5.02 Å². The van der Waals surface area contributed by atoms with Gasteiger partial charge in [-0.25, -0.2) is 0 Å². The molecule has 1 heterocycles. The number of thioether (sulfide) groups is 1. The molecule has 1 aliphatic rings. The van der Waals surface area contributed by atoms with E-state index in [1.54, 1.807) is 12.3 Å². The Morgan fingerprint density at radius 2 is 2.28 bits per heavy atom. The first kappa shape index (κ1) is 13.7. The summed E-state index contributed by atoms with van der Waals surface area (Å²) in [6.07, 6.45) is 9.88. The summed E-state index contributed by atoms with van der Waals surface area (Å²) in [5.41, 5.74) is 0.463. The van der Waals surface area contributed by atoms with Gasteiger partial charge in [0, 0.05) is 23.7 Å². The lowest BCUT2D eigenvalue weighted by molar-refractivity contribution is 0.0929. The molecule has 2 atom stereocenters. The molecule has 2 rings (SSSR count). The molecule has 2 unspecified atom stereocenters. The first-order chi connectivity index (χ1) is 8.72. The van der Waals surface area contributed by atoms with Gasteiger partial charge < -0.3 is 5.32 Å². The molecule has 1 amide bonds. The van der Waals surface area contributed by atoms with Crippen LogP contribution in [0.1, 0.15) is 36.0 Å². The van der Waals surface area contributed by atoms with Crippen molar-refractivity contribution in [2.75, 3.05) is 6.26 Å². The second kappa shape index (κ2) is 6.43. The molecule has 1 saturated carbocycles. The van der Waals surface area contributed by atoms with Crippen molar-refractivity contribution in [1.82, 2.24) is 10.3 Å². The van der Waals surface area contributed by atoms with Crippen LogP contribution in [0, 0.1) is 0 Å². The van der Waals surface area contributed by atoms with Crippen LogP contribution in [0.25, 0.3) is 0 Å². The first-order valence-corrected chi connectivity index (χ1v) is 7.82. The monoisotopic (exact) mass is 284 g/mol. The highest BCUT2D eigenvalue weighted by atomic mass is 35.5. The number of aromatic nitrogens is 1. The van der Waals surface area contributed by atoms with Crippen LogP contribution >= 0.6 is 23.4 Å². The Balaban J connectivity index is 2.04. The van der Waals surface area contributed by atoms with Crippen molar-refractivity contribution in [2.24, 2.45) is 0 Å². The average Bonchev–Trinajstić information content (AvgIpc) is 2.39. The Kier molecular flexibility index (Phi) is 4.89. The van der Waals surface area contributed by atoms with E-state index in [9.17, 15) is 4.79 Å². The number of nitrogens with one attached hydrogen (secondary N) is 1. The van der Waals surface area contributed by atoms with Crippen LogP contribution in [-0.2, 0) is 0 Å². The van der Waals surface area contributed by atoms with E-state index < -0.39 is 0 Å². The Morgan fingerprint density at radius 3 is 3.00 bits per heavy atom. The van der Waals surface area contributed by atoms with Crippen molar-refractivity contribution in [1.29, 1.82) is 0 Å². The number of pyridine rings is 1. The summed E-state index contributed by atoms with van der Waals surface area (Å²) in [4.78, 5) is 16.1. The van der Waals surface area contributed by atoms with Crippen molar-refractivity contribution >= 4 is 29.3 Å². The van der Waals surface area contributed by atoms with Crippen molar-refractivity contribution in [3.63, 3.8) is 0 Å². The molecule has 0 aliphatic heterocycles. The van der Waals surface area contributed by atoms with Gasteiger partial charge in [0.25, 0.3) is 5.91 Å². The molecule has 0 bridgehead atoms. The molecule has 18 heavy (non-hydrogen) atoms. The number of rotatable bonds is 3. The fourth-order valence-electron chi connectivity index (χ4n) is 2.33. The van der Waals surface area contributed by atoms with Gasteiger partial charge in [0.05, 0.1) is 10.6 Å². The number of amides is 1. The van der Waals surface area contributed by atoms with Crippen LogP contribution < -0.4 is 5.32 Å². The molecule has 1 fully saturated rings. The second-order valence-corrected chi connectivity index (χ2v) is 5.98. The van der Waals surface area contributed by atoms with E-state index in [2.05, 4.69) is 16.6 Å². The molecule has 0 spiro atoms. The predicted molar refractivity (Wildman–Crippen MR) is 76.3 cm³/mol. The smallest absolute Gasteiger partial charge is 0.254 e. The maximum atomic E-state index is 12.2. The third-order valence-corrected chi connectivity index (χ3v) is 4.83. The van der Waals surface area contributed by atoms with Gasteiger partial charge in [-0.2, -0.15) is 11.8 Å². The SMILES string of the molecule is CSC1CCCCC1NC(=O)c1cnccc1Cl. The third kappa shape index (κ3) is 3.18. The van der Waals surface area contributed by atoms with Crippen LogP contribution in [0.4, 0.5) is 0 Å². The van der Waals surface area contributed by atoms with E-state index >= 15 is 0 Å². The zero-order valence-corrected chi connectivity index (χ0v) is 11.9. The Hall–Kier alpha value is -0.740. The van der Waals surface area contributed by atoms with Gasteiger partial charge in [0.2, 0.25) is 0 Å². The maximum absolute atomic E-state index is 12.2. The highest BCUT2D eigenvalue weighted by Crippen LogP contribution is 2.27. The summed E-state index contributed by atoms with van der Waals surface area (Å²) in [6.45, 7) is 0. The molecule has 1 aromatic rings. The van der Waals surface area contributed by atoms with Crippen molar-refractivity contribution in [2.45, 2.75) is 37.0 Å². The number of halogens is 1. The van der Waals surface area contributed by atoms with E-state index in [1.165, 1.54) is 25.5 Å². The van der Waals surface area contributed by atoms with Crippen LogP contribution in [0.15, 0.2) is 18.5 Å². The van der Waals surface area contributed by atoms with E-state index in [0.29, 0.717) is 15.8 Å². The van der Waals surface area contributed by atoms with Gasteiger partial charge in [-0.15, -0.1) is 0 Å². The molecule has 1 aliphatic carbocycles. The lowest BCUT2D eigenvalue weighted by Crippen LogP contribution is -2.43. The quantitative estimate of drug-likeness (QED) is 0.927. The molecule has 0 aromatic carbocycles. The Labute approximate surface area is 117 Å². The van der Waals surface area contributed by atoms with Gasteiger partial charge in [-0.3, -0.25) is 9.78 Å². The van der Waals surface area contributed by atoms with E-state index in [0.717, 1.165) is 6.42 Å². The summed E-state index contributed by atoms with van der Waals surface area (Å²) in [5, 5.41) is 4.06. The summed E-state index contributed by atoms with van der Waals surface area (Å²) in [5.74, 6) is -0.112. The van der Waals surface area contributed by atoms with Gasteiger partial charge in [-0.05, 0) is 25.2 Å². The lowest BCUT2D eigenvalue weighted by atomic mass is 9.94. The third-order valence-electron chi connectivity index (χ3n) is 3.33. The topological polar surface area (TPSA) is 42.0 Å². The summed E-state index contributed by atoms with van der Waals surface area (Å²) < 4.78 is 0. The molecule has 5 heteroatoms. The highest BCUT2D eigenvalue weighted by Gasteiger charge is 2.26. The minimum atomic E-state index is -0.112. The fraction of sp³-hybridized carbons (Fsp3) is 0.538. The lowest BCUT2D eigenvalue weighted by Gasteiger charge is -2.30. The van der Waals surface area contributed by atoms with Crippen molar-refractivity contribution in [3.05, 3.63) is 29.0 Å². The van der Waals surface area contributed by atoms with Gasteiger partial charge in [0.15, 0.2) is 0 Å². The van der Waals surface area contributed by atoms with Crippen LogP contribution in [-0.4, -0.2) is 28.4 Å². The minimum Gasteiger partial charge on any atom is -0.348 e. The Morgan fingerprint density at radius 1 is 1.50 bits per heavy atom. The van der Waals surface area contributed by atoms with E-state index in [4.69, 9.17) is 11.6 Å². The van der Waals surface area contributed by atoms with E-state index in [-0.39, 0.29) is 11.9 Å². The zero-order chi connectivity index (χ0) is 13.0. The van der Waals surface area contributed by atoms with E-state index in [1.807, 2.05) is 11.8 Å². The summed E-state index contributed by atoms with van der Waals surface area (Å²) in [7, 11) is 0. The normalized spacial score (nSPS) is 23.7. The fourth-order valence-corrected chi connectivity index (χ4v) is 3.46. The molecule has 0 saturated heterocycles. The Bertz CT molecular complexity index is 427. The number of hydrogen-bond donors (Lipinski definition) is 1. The van der Waals surface area contributed by atoms with Gasteiger partial charge in [0.1, 0.15) is 0 Å². The predicted octanol–water partition coefficient (Wildman–Crippen LogP) is 3.14. The summed E-state index contributed by atoms with van der Waals surface area (Å²) >= 11 is 7.83. The largest absolute Gasteiger partial charge is 0.348 e. The van der Waals surface area contributed by atoms with Crippen molar-refractivity contribution in [3.8, 4) is 0 Å². The first-order valence-electron chi connectivity index (χ1n) is 6.15. The number of hydrogen-bond acceptors (Lipinski definition) is 3. The minimum absolute atomic E-state index is 0.112. The van der Waals surface area contributed by atoms with Crippen LogP contribution in [0.3, 0.4) is 0 Å². The molecule has 0 radical (unpaired) electrons. The van der Waals surface area contributed by atoms with Gasteiger partial charge >= 0.3 is 0 Å². The number of carbonyl (C=O) groups excluding carboxylic acids is 1. The standard InChI is InChI=1S/C13H17ClN2OS/c1-18-12-5-3-2-4-11(12)16-13(17)9-8-15-7-6-10(9)14/h6-8,11-12H,2-5H2,1H3,(H,16,17). The molecule has 1 N–H and O–H groups in total. The molecular formula is C13H17ClN2OS. The number of carbonyl (C=O) groups is 1. The molecule has 98 valence electrons. The zero-order valence-electron chi connectivity index (χ0n) is 10.4. The average molecular weight is 285 g/mol. The molecule has 1 aromatic heterocycles. The van der Waals surface area contributed by atoms with Crippen LogP contribution in [0.5, 0.6) is 0 Å². The maximum Gasteiger partial charge on any atom is 0.254 e. The second-order valence-electron chi connectivity index (χ2n) is 4.49. The molecular weight excluding hydrogens is 268 g/mol. The van der Waals surface area contributed by atoms with Crippen molar-refractivity contribution < 1.29 is 4.79 Å². The highest BCUT2D eigenvalue weighted by molar-refractivity contribution is 7.99. The number of nitrogens with zero attached hydrogens (tertiary/aromatic N) is 1.